The fraction of sp³-hybridized carbons (Fsp3) is 1.00. The van der Waals surface area contributed by atoms with Gasteiger partial charge in [0.25, 0.3) is 0 Å². The molecule has 0 amide bonds. The van der Waals surface area contributed by atoms with E-state index in [9.17, 15) is 0 Å². The Bertz CT molecular complexity index is 114. The van der Waals surface area contributed by atoms with Crippen molar-refractivity contribution in [1.29, 1.82) is 0 Å². The zero-order chi connectivity index (χ0) is 7.61. The molecule has 0 aromatic carbocycles. The Labute approximate surface area is 61.9 Å². The topological polar surface area (TPSA) is 47.3 Å². The second kappa shape index (κ2) is 2.86. The van der Waals surface area contributed by atoms with Gasteiger partial charge in [0.2, 0.25) is 0 Å². The molecule has 0 saturated carbocycles. The van der Waals surface area contributed by atoms with Crippen molar-refractivity contribution in [3.8, 4) is 0 Å². The predicted molar refractivity (Wildman–Crippen MR) is 40.6 cm³/mol. The number of nitrogens with two attached hydrogens (primary N) is 1. The van der Waals surface area contributed by atoms with Crippen molar-refractivity contribution in [2.45, 2.75) is 32.0 Å². The van der Waals surface area contributed by atoms with Crippen molar-refractivity contribution in [2.75, 3.05) is 13.2 Å². The molecule has 0 radical (unpaired) electrons. The van der Waals surface area contributed by atoms with Crippen LogP contribution in [0.25, 0.3) is 0 Å². The molecule has 0 spiro atoms. The Morgan fingerprint density at radius 3 is 2.80 bits per heavy atom. The number of nitrogens with one attached hydrogen (secondary N) is 1. The van der Waals surface area contributed by atoms with Crippen LogP contribution in [-0.2, 0) is 4.74 Å². The maximum Gasteiger partial charge on any atom is 0.113 e. The lowest BCUT2D eigenvalue weighted by Crippen LogP contribution is -2.39. The molecule has 3 heteroatoms. The van der Waals surface area contributed by atoms with Crippen LogP contribution in [0.15, 0.2) is 0 Å². The minimum atomic E-state index is -0.139. The fourth-order valence-corrected chi connectivity index (χ4v) is 1.24. The third-order valence-corrected chi connectivity index (χ3v) is 1.71. The summed E-state index contributed by atoms with van der Waals surface area (Å²) >= 11 is 0. The van der Waals surface area contributed by atoms with Crippen LogP contribution in [0.5, 0.6) is 0 Å². The highest BCUT2D eigenvalue weighted by Gasteiger charge is 2.29. The maximum absolute atomic E-state index is 5.44. The zero-order valence-corrected chi connectivity index (χ0v) is 6.68. The molecule has 1 unspecified atom stereocenters. The van der Waals surface area contributed by atoms with E-state index in [2.05, 4.69) is 5.32 Å². The summed E-state index contributed by atoms with van der Waals surface area (Å²) in [6.45, 7) is 5.59. The second-order valence-corrected chi connectivity index (χ2v) is 3.24. The molecule has 1 atom stereocenters. The van der Waals surface area contributed by atoms with E-state index in [0.29, 0.717) is 6.04 Å². The summed E-state index contributed by atoms with van der Waals surface area (Å²) in [5.74, 6) is 0. The van der Waals surface area contributed by atoms with Gasteiger partial charge in [-0.05, 0) is 26.8 Å². The van der Waals surface area contributed by atoms with E-state index >= 15 is 0 Å². The Balaban J connectivity index is 2.29. The molecule has 1 fully saturated rings. The molecular formula is C7H16N2O. The molecular weight excluding hydrogens is 128 g/mol. The lowest BCUT2D eigenvalue weighted by atomic mass is 10.2. The summed E-state index contributed by atoms with van der Waals surface area (Å²) < 4.78 is 5.44. The fourth-order valence-electron chi connectivity index (χ4n) is 1.24. The number of hydrogen-bond acceptors (Lipinski definition) is 3. The number of ether oxygens (including phenoxy) is 1. The molecule has 0 bridgehead atoms. The molecule has 1 aliphatic rings. The summed E-state index contributed by atoms with van der Waals surface area (Å²) in [5.41, 5.74) is 5.26. The number of hydrogen-bond donors (Lipinski definition) is 2. The van der Waals surface area contributed by atoms with Crippen LogP contribution >= 0.6 is 0 Å². The van der Waals surface area contributed by atoms with Gasteiger partial charge in [0.1, 0.15) is 5.72 Å². The van der Waals surface area contributed by atoms with Crippen molar-refractivity contribution in [2.24, 2.45) is 5.73 Å². The van der Waals surface area contributed by atoms with Gasteiger partial charge in [0.15, 0.2) is 0 Å². The third kappa shape index (κ3) is 1.94. The highest BCUT2D eigenvalue weighted by atomic mass is 16.5. The van der Waals surface area contributed by atoms with Crippen molar-refractivity contribution < 1.29 is 4.74 Å². The molecule has 0 aromatic rings. The van der Waals surface area contributed by atoms with E-state index in [-0.39, 0.29) is 5.72 Å². The Morgan fingerprint density at radius 1 is 1.70 bits per heavy atom. The maximum atomic E-state index is 5.44. The van der Waals surface area contributed by atoms with Gasteiger partial charge in [-0.25, -0.2) is 0 Å². The molecule has 1 aliphatic heterocycles. The van der Waals surface area contributed by atoms with Gasteiger partial charge >= 0.3 is 0 Å². The Morgan fingerprint density at radius 2 is 2.40 bits per heavy atom. The van der Waals surface area contributed by atoms with Crippen molar-refractivity contribution in [3.63, 3.8) is 0 Å². The first kappa shape index (κ1) is 7.98. The first-order valence-corrected chi connectivity index (χ1v) is 3.76. The van der Waals surface area contributed by atoms with E-state index in [1.807, 2.05) is 13.8 Å². The van der Waals surface area contributed by atoms with E-state index in [1.54, 1.807) is 0 Å². The van der Waals surface area contributed by atoms with Crippen LogP contribution in [0.1, 0.15) is 20.3 Å². The largest absolute Gasteiger partial charge is 0.360 e. The molecule has 1 rings (SSSR count). The van der Waals surface area contributed by atoms with Crippen LogP contribution in [-0.4, -0.2) is 24.9 Å². The molecule has 1 heterocycles. The second-order valence-electron chi connectivity index (χ2n) is 3.24. The minimum Gasteiger partial charge on any atom is -0.360 e. The van der Waals surface area contributed by atoms with Gasteiger partial charge in [0.05, 0.1) is 6.61 Å². The molecule has 60 valence electrons. The quantitative estimate of drug-likeness (QED) is 0.576. The standard InChI is InChI=1S/C7H16N2O/c1-7(2)9-6(3-4-8)5-10-7/h6,9H,3-5,8H2,1-2H3. The third-order valence-electron chi connectivity index (χ3n) is 1.71. The van der Waals surface area contributed by atoms with Gasteiger partial charge in [0, 0.05) is 6.04 Å². The highest BCUT2D eigenvalue weighted by Crippen LogP contribution is 2.15. The van der Waals surface area contributed by atoms with E-state index < -0.39 is 0 Å². The molecule has 1 saturated heterocycles. The van der Waals surface area contributed by atoms with Gasteiger partial charge in [-0.2, -0.15) is 0 Å². The van der Waals surface area contributed by atoms with Gasteiger partial charge in [-0.1, -0.05) is 0 Å². The Kier molecular flexibility index (Phi) is 2.28. The SMILES string of the molecule is CC1(C)NC(CCN)CO1. The predicted octanol–water partition coefficient (Wildman–Crippen LogP) is 0.0597. The van der Waals surface area contributed by atoms with Crippen molar-refractivity contribution in [3.05, 3.63) is 0 Å². The Hall–Kier alpha value is -0.120. The summed E-state index contributed by atoms with van der Waals surface area (Å²) in [4.78, 5) is 0. The summed E-state index contributed by atoms with van der Waals surface area (Å²) in [6, 6.07) is 0.458. The lowest BCUT2D eigenvalue weighted by molar-refractivity contribution is 0.0231. The smallest absolute Gasteiger partial charge is 0.113 e. The summed E-state index contributed by atoms with van der Waals surface area (Å²) in [7, 11) is 0. The average Bonchev–Trinajstić information content (AvgIpc) is 2.12. The van der Waals surface area contributed by atoms with E-state index in [0.717, 1.165) is 19.6 Å². The van der Waals surface area contributed by atoms with Crippen LogP contribution < -0.4 is 11.1 Å². The van der Waals surface area contributed by atoms with E-state index in [1.165, 1.54) is 0 Å². The monoisotopic (exact) mass is 144 g/mol. The summed E-state index contributed by atoms with van der Waals surface area (Å²) in [5, 5.41) is 3.33. The van der Waals surface area contributed by atoms with Crippen LogP contribution in [0.2, 0.25) is 0 Å². The average molecular weight is 144 g/mol. The number of rotatable bonds is 2. The summed E-state index contributed by atoms with van der Waals surface area (Å²) in [6.07, 6.45) is 1.00. The molecule has 0 aromatic heterocycles. The van der Waals surface area contributed by atoms with Gasteiger partial charge in [-0.15, -0.1) is 0 Å². The zero-order valence-electron chi connectivity index (χ0n) is 6.68. The first-order valence-electron chi connectivity index (χ1n) is 3.76. The van der Waals surface area contributed by atoms with E-state index in [4.69, 9.17) is 10.5 Å². The van der Waals surface area contributed by atoms with Crippen molar-refractivity contribution in [1.82, 2.24) is 5.32 Å². The highest BCUT2D eigenvalue weighted by molar-refractivity contribution is 4.81. The van der Waals surface area contributed by atoms with Gasteiger partial charge in [-0.3, -0.25) is 5.32 Å². The molecule has 3 nitrogen and oxygen atoms in total. The normalized spacial score (nSPS) is 30.9. The van der Waals surface area contributed by atoms with Crippen LogP contribution in [0.3, 0.4) is 0 Å². The van der Waals surface area contributed by atoms with Crippen LogP contribution in [0.4, 0.5) is 0 Å². The van der Waals surface area contributed by atoms with Crippen LogP contribution in [0, 0.1) is 0 Å². The molecule has 10 heavy (non-hydrogen) atoms. The molecule has 3 N–H and O–H groups in total. The van der Waals surface area contributed by atoms with Crippen molar-refractivity contribution >= 4 is 0 Å². The minimum absolute atomic E-state index is 0.139. The molecule has 0 aliphatic carbocycles. The first-order chi connectivity index (χ1) is 4.64. The van der Waals surface area contributed by atoms with Gasteiger partial charge < -0.3 is 10.5 Å². The lowest BCUT2D eigenvalue weighted by Gasteiger charge is -2.17.